The summed E-state index contributed by atoms with van der Waals surface area (Å²) in [4.78, 5) is 13.4. The first-order chi connectivity index (χ1) is 10.6. The molecular formula is C19H21NOS. The molecule has 3 heteroatoms. The van der Waals surface area contributed by atoms with Crippen LogP contribution in [0.3, 0.4) is 0 Å². The van der Waals surface area contributed by atoms with E-state index in [1.54, 1.807) is 11.8 Å². The van der Waals surface area contributed by atoms with Crippen LogP contribution in [0.4, 0.5) is 5.69 Å². The van der Waals surface area contributed by atoms with E-state index in [1.165, 1.54) is 5.56 Å². The monoisotopic (exact) mass is 311 g/mol. The van der Waals surface area contributed by atoms with Gasteiger partial charge in [0.05, 0.1) is 5.56 Å². The summed E-state index contributed by atoms with van der Waals surface area (Å²) in [5.41, 5.74) is 2.78. The fraction of sp³-hybridized carbons (Fsp3) is 0.211. The molecule has 22 heavy (non-hydrogen) atoms. The van der Waals surface area contributed by atoms with Crippen LogP contribution in [0.25, 0.3) is 0 Å². The first-order valence-corrected chi connectivity index (χ1v) is 8.34. The highest BCUT2D eigenvalue weighted by molar-refractivity contribution is 7.99. The summed E-state index contributed by atoms with van der Waals surface area (Å²) in [7, 11) is 0. The SMILES string of the molecule is C=CCSc1ccccc1C(=O)Nc1ccc(C(C)C)cc1. The lowest BCUT2D eigenvalue weighted by Gasteiger charge is -2.10. The molecule has 1 N–H and O–H groups in total. The Kier molecular flexibility index (Phi) is 5.84. The van der Waals surface area contributed by atoms with Crippen LogP contribution in [0, 0.1) is 0 Å². The summed E-state index contributed by atoms with van der Waals surface area (Å²) in [6.07, 6.45) is 1.84. The van der Waals surface area contributed by atoms with E-state index in [1.807, 2.05) is 42.5 Å². The molecule has 2 nitrogen and oxygen atoms in total. The molecule has 0 heterocycles. The third-order valence-corrected chi connectivity index (χ3v) is 4.39. The van der Waals surface area contributed by atoms with Crippen molar-refractivity contribution in [3.05, 3.63) is 72.3 Å². The first kappa shape index (κ1) is 16.4. The molecule has 114 valence electrons. The third-order valence-electron chi connectivity index (χ3n) is 3.32. The van der Waals surface area contributed by atoms with Crippen molar-refractivity contribution in [3.63, 3.8) is 0 Å². The van der Waals surface area contributed by atoms with Crippen molar-refractivity contribution in [2.45, 2.75) is 24.7 Å². The van der Waals surface area contributed by atoms with Crippen LogP contribution in [0.2, 0.25) is 0 Å². The highest BCUT2D eigenvalue weighted by atomic mass is 32.2. The van der Waals surface area contributed by atoms with Gasteiger partial charge in [0.15, 0.2) is 0 Å². The molecule has 0 unspecified atom stereocenters. The van der Waals surface area contributed by atoms with Crippen LogP contribution in [-0.4, -0.2) is 11.7 Å². The van der Waals surface area contributed by atoms with E-state index < -0.39 is 0 Å². The van der Waals surface area contributed by atoms with Gasteiger partial charge >= 0.3 is 0 Å². The van der Waals surface area contributed by atoms with E-state index in [0.717, 1.165) is 16.3 Å². The molecule has 2 rings (SSSR count). The average molecular weight is 311 g/mol. The van der Waals surface area contributed by atoms with Gasteiger partial charge in [-0.15, -0.1) is 18.3 Å². The highest BCUT2D eigenvalue weighted by Gasteiger charge is 2.11. The zero-order valence-electron chi connectivity index (χ0n) is 13.0. The Labute approximate surface area is 136 Å². The van der Waals surface area contributed by atoms with Crippen molar-refractivity contribution < 1.29 is 4.79 Å². The molecule has 0 fully saturated rings. The molecule has 2 aromatic carbocycles. The maximum Gasteiger partial charge on any atom is 0.256 e. The summed E-state index contributed by atoms with van der Waals surface area (Å²) >= 11 is 1.61. The minimum absolute atomic E-state index is 0.0792. The molecular weight excluding hydrogens is 290 g/mol. The van der Waals surface area contributed by atoms with Crippen LogP contribution in [0.15, 0.2) is 66.1 Å². The number of thioether (sulfide) groups is 1. The molecule has 0 aromatic heterocycles. The second-order valence-electron chi connectivity index (χ2n) is 5.33. The zero-order chi connectivity index (χ0) is 15.9. The molecule has 1 amide bonds. The van der Waals surface area contributed by atoms with Gasteiger partial charge in [0.1, 0.15) is 0 Å². The standard InChI is InChI=1S/C19H21NOS/c1-4-13-22-18-8-6-5-7-17(18)19(21)20-16-11-9-15(10-12-16)14(2)3/h4-12,14H,1,13H2,2-3H3,(H,20,21). The molecule has 0 radical (unpaired) electrons. The lowest BCUT2D eigenvalue weighted by atomic mass is 10.0. The van der Waals surface area contributed by atoms with Gasteiger partial charge in [0.2, 0.25) is 0 Å². The van der Waals surface area contributed by atoms with Gasteiger partial charge in [-0.3, -0.25) is 4.79 Å². The topological polar surface area (TPSA) is 29.1 Å². The molecule has 0 aliphatic carbocycles. The van der Waals surface area contributed by atoms with Gasteiger partial charge in [-0.05, 0) is 35.7 Å². The Morgan fingerprint density at radius 2 is 1.86 bits per heavy atom. The second-order valence-corrected chi connectivity index (χ2v) is 6.39. The number of rotatable bonds is 6. The van der Waals surface area contributed by atoms with E-state index in [2.05, 4.69) is 37.9 Å². The summed E-state index contributed by atoms with van der Waals surface area (Å²) in [6, 6.07) is 15.7. The predicted molar refractivity (Wildman–Crippen MR) is 95.8 cm³/mol. The van der Waals surface area contributed by atoms with E-state index >= 15 is 0 Å². The third kappa shape index (κ3) is 4.25. The number of nitrogens with one attached hydrogen (secondary N) is 1. The molecule has 0 spiro atoms. The molecule has 0 aliphatic rings. The summed E-state index contributed by atoms with van der Waals surface area (Å²) in [5, 5.41) is 2.96. The molecule has 2 aromatic rings. The molecule has 0 aliphatic heterocycles. The van der Waals surface area contributed by atoms with E-state index in [0.29, 0.717) is 11.5 Å². The van der Waals surface area contributed by atoms with Gasteiger partial charge < -0.3 is 5.32 Å². The Morgan fingerprint density at radius 3 is 2.50 bits per heavy atom. The maximum absolute atomic E-state index is 12.5. The molecule has 0 atom stereocenters. The first-order valence-electron chi connectivity index (χ1n) is 7.36. The minimum Gasteiger partial charge on any atom is -0.322 e. The Balaban J connectivity index is 2.13. The number of carbonyl (C=O) groups excluding carboxylic acids is 1. The average Bonchev–Trinajstić information content (AvgIpc) is 2.53. The number of amides is 1. The maximum atomic E-state index is 12.5. The quantitative estimate of drug-likeness (QED) is 0.576. The van der Waals surface area contributed by atoms with Crippen LogP contribution in [0.5, 0.6) is 0 Å². The van der Waals surface area contributed by atoms with E-state index in [9.17, 15) is 4.79 Å². The zero-order valence-corrected chi connectivity index (χ0v) is 13.8. The molecule has 0 saturated carbocycles. The predicted octanol–water partition coefficient (Wildman–Crippen LogP) is 5.34. The lowest BCUT2D eigenvalue weighted by molar-refractivity contribution is 0.102. The highest BCUT2D eigenvalue weighted by Crippen LogP contribution is 2.24. The number of hydrogen-bond acceptors (Lipinski definition) is 2. The Hall–Kier alpha value is -2.00. The molecule has 0 saturated heterocycles. The fourth-order valence-electron chi connectivity index (χ4n) is 2.08. The fourth-order valence-corrected chi connectivity index (χ4v) is 2.87. The van der Waals surface area contributed by atoms with Crippen molar-refractivity contribution in [2.75, 3.05) is 11.1 Å². The van der Waals surface area contributed by atoms with Gasteiger partial charge in [-0.25, -0.2) is 0 Å². The van der Waals surface area contributed by atoms with E-state index in [4.69, 9.17) is 0 Å². The van der Waals surface area contributed by atoms with E-state index in [-0.39, 0.29) is 5.91 Å². The number of anilines is 1. The van der Waals surface area contributed by atoms with Crippen molar-refractivity contribution in [2.24, 2.45) is 0 Å². The van der Waals surface area contributed by atoms with Crippen LogP contribution < -0.4 is 5.32 Å². The summed E-state index contributed by atoms with van der Waals surface area (Å²) in [6.45, 7) is 8.03. The van der Waals surface area contributed by atoms with Crippen LogP contribution in [-0.2, 0) is 0 Å². The number of hydrogen-bond donors (Lipinski definition) is 1. The molecule has 0 bridgehead atoms. The largest absolute Gasteiger partial charge is 0.322 e. The van der Waals surface area contributed by atoms with Crippen molar-refractivity contribution in [1.29, 1.82) is 0 Å². The normalized spacial score (nSPS) is 10.5. The van der Waals surface area contributed by atoms with Crippen molar-refractivity contribution in [1.82, 2.24) is 0 Å². The number of carbonyl (C=O) groups is 1. The summed E-state index contributed by atoms with van der Waals surface area (Å²) < 4.78 is 0. The van der Waals surface area contributed by atoms with Crippen molar-refractivity contribution in [3.8, 4) is 0 Å². The second kappa shape index (κ2) is 7.85. The van der Waals surface area contributed by atoms with Gasteiger partial charge in [-0.1, -0.05) is 44.2 Å². The van der Waals surface area contributed by atoms with Crippen LogP contribution >= 0.6 is 11.8 Å². The summed E-state index contributed by atoms with van der Waals surface area (Å²) in [5.74, 6) is 1.19. The van der Waals surface area contributed by atoms with Gasteiger partial charge in [0, 0.05) is 16.3 Å². The minimum atomic E-state index is -0.0792. The lowest BCUT2D eigenvalue weighted by Crippen LogP contribution is -2.13. The van der Waals surface area contributed by atoms with Gasteiger partial charge in [-0.2, -0.15) is 0 Å². The van der Waals surface area contributed by atoms with Crippen molar-refractivity contribution >= 4 is 23.4 Å². The van der Waals surface area contributed by atoms with Gasteiger partial charge in [0.25, 0.3) is 5.91 Å². The smallest absolute Gasteiger partial charge is 0.256 e. The van der Waals surface area contributed by atoms with Crippen LogP contribution in [0.1, 0.15) is 35.7 Å². The Bertz CT molecular complexity index is 647. The number of benzene rings is 2. The Morgan fingerprint density at radius 1 is 1.18 bits per heavy atom.